The van der Waals surface area contributed by atoms with Crippen LogP contribution in [0.4, 0.5) is 0 Å². The van der Waals surface area contributed by atoms with Crippen molar-refractivity contribution in [3.05, 3.63) is 35.9 Å². The van der Waals surface area contributed by atoms with Gasteiger partial charge in [0.25, 0.3) is 5.91 Å². The molecule has 0 aromatic heterocycles. The topological polar surface area (TPSA) is 64.6 Å². The molecule has 0 aliphatic carbocycles. The molecule has 0 aliphatic rings. The summed E-state index contributed by atoms with van der Waals surface area (Å²) in [5.41, 5.74) is 0.910. The van der Waals surface area contributed by atoms with Crippen molar-refractivity contribution in [3.8, 4) is 0 Å². The van der Waals surface area contributed by atoms with Gasteiger partial charge < -0.3 is 14.5 Å². The van der Waals surface area contributed by atoms with Gasteiger partial charge in [-0.05, 0) is 30.8 Å². The fourth-order valence-corrected chi connectivity index (χ4v) is 2.54. The molecule has 0 unspecified atom stereocenters. The van der Waals surface area contributed by atoms with Gasteiger partial charge in [-0.1, -0.05) is 32.0 Å². The van der Waals surface area contributed by atoms with Crippen LogP contribution in [0.25, 0.3) is 0 Å². The molecule has 22 heavy (non-hydrogen) atoms. The Morgan fingerprint density at radius 1 is 1.18 bits per heavy atom. The van der Waals surface area contributed by atoms with E-state index in [9.17, 15) is 9.59 Å². The predicted molar refractivity (Wildman–Crippen MR) is 88.2 cm³/mol. The van der Waals surface area contributed by atoms with Crippen LogP contribution in [0.2, 0.25) is 18.6 Å². The molecule has 1 aromatic rings. The molecule has 0 heterocycles. The number of nitrogens with one attached hydrogen (secondary N) is 1. The molecule has 1 amide bonds. The zero-order valence-electron chi connectivity index (χ0n) is 13.9. The van der Waals surface area contributed by atoms with Gasteiger partial charge >= 0.3 is 5.97 Å². The SMILES string of the molecule is COC(=O)[C@H](CO[Si](C)(C)C(C)C)NC(=O)c1ccccc1. The molecule has 1 rings (SSSR count). The summed E-state index contributed by atoms with van der Waals surface area (Å²) in [4.78, 5) is 24.0. The first kappa shape index (κ1) is 18.4. The van der Waals surface area contributed by atoms with Crippen molar-refractivity contribution in [3.63, 3.8) is 0 Å². The maximum Gasteiger partial charge on any atom is 0.330 e. The predicted octanol–water partition coefficient (Wildman–Crippen LogP) is 2.59. The number of benzene rings is 1. The number of carbonyl (C=O) groups excluding carboxylic acids is 2. The fourth-order valence-electron chi connectivity index (χ4n) is 1.61. The molecular weight excluding hydrogens is 298 g/mol. The van der Waals surface area contributed by atoms with Crippen molar-refractivity contribution < 1.29 is 18.8 Å². The van der Waals surface area contributed by atoms with Crippen LogP contribution in [-0.2, 0) is 14.0 Å². The van der Waals surface area contributed by atoms with Crippen LogP contribution in [0.3, 0.4) is 0 Å². The first-order valence-corrected chi connectivity index (χ1v) is 10.3. The quantitative estimate of drug-likeness (QED) is 0.619. The van der Waals surface area contributed by atoms with Crippen molar-refractivity contribution in [2.75, 3.05) is 13.7 Å². The molecular formula is C16H25NO4Si. The number of esters is 1. The van der Waals surface area contributed by atoms with Gasteiger partial charge in [-0.2, -0.15) is 0 Å². The summed E-state index contributed by atoms with van der Waals surface area (Å²) < 4.78 is 10.7. The van der Waals surface area contributed by atoms with E-state index in [0.717, 1.165) is 0 Å². The van der Waals surface area contributed by atoms with E-state index in [0.29, 0.717) is 11.1 Å². The van der Waals surface area contributed by atoms with Gasteiger partial charge in [0.2, 0.25) is 0 Å². The molecule has 1 N–H and O–H groups in total. The Labute approximate surface area is 133 Å². The molecule has 6 heteroatoms. The highest BCUT2D eigenvalue weighted by molar-refractivity contribution is 6.72. The molecule has 0 saturated heterocycles. The zero-order valence-corrected chi connectivity index (χ0v) is 14.9. The minimum atomic E-state index is -1.89. The largest absolute Gasteiger partial charge is 0.467 e. The number of ether oxygens (including phenoxy) is 1. The van der Waals surface area contributed by atoms with Crippen LogP contribution in [0.5, 0.6) is 0 Å². The van der Waals surface area contributed by atoms with Crippen LogP contribution in [0.15, 0.2) is 30.3 Å². The van der Waals surface area contributed by atoms with Gasteiger partial charge in [0.05, 0.1) is 13.7 Å². The van der Waals surface area contributed by atoms with Crippen molar-refractivity contribution in [2.45, 2.75) is 38.5 Å². The number of methoxy groups -OCH3 is 1. The van der Waals surface area contributed by atoms with Gasteiger partial charge in [-0.15, -0.1) is 0 Å². The highest BCUT2D eigenvalue weighted by atomic mass is 28.4. The first-order chi connectivity index (χ1) is 10.3. The van der Waals surface area contributed by atoms with Crippen LogP contribution in [0, 0.1) is 0 Å². The van der Waals surface area contributed by atoms with Crippen LogP contribution >= 0.6 is 0 Å². The van der Waals surface area contributed by atoms with Crippen molar-refractivity contribution in [2.24, 2.45) is 0 Å². The Morgan fingerprint density at radius 3 is 2.27 bits per heavy atom. The Morgan fingerprint density at radius 2 is 1.77 bits per heavy atom. The van der Waals surface area contributed by atoms with Gasteiger partial charge in [0, 0.05) is 5.56 Å². The third-order valence-corrected chi connectivity index (χ3v) is 7.53. The smallest absolute Gasteiger partial charge is 0.330 e. The van der Waals surface area contributed by atoms with E-state index in [-0.39, 0.29) is 12.5 Å². The normalized spacial score (nSPS) is 12.8. The monoisotopic (exact) mass is 323 g/mol. The summed E-state index contributed by atoms with van der Waals surface area (Å²) in [7, 11) is -0.591. The molecule has 0 aliphatic heterocycles. The van der Waals surface area contributed by atoms with Crippen molar-refractivity contribution >= 4 is 20.2 Å². The zero-order chi connectivity index (χ0) is 16.8. The molecule has 0 fully saturated rings. The second kappa shape index (κ2) is 8.10. The lowest BCUT2D eigenvalue weighted by Gasteiger charge is -2.29. The van der Waals surface area contributed by atoms with Gasteiger partial charge in [-0.25, -0.2) is 4.79 Å². The highest BCUT2D eigenvalue weighted by Gasteiger charge is 2.30. The Bertz CT molecular complexity index is 502. The van der Waals surface area contributed by atoms with Crippen molar-refractivity contribution in [1.82, 2.24) is 5.32 Å². The molecule has 0 radical (unpaired) electrons. The summed E-state index contributed by atoms with van der Waals surface area (Å²) in [5, 5.41) is 2.68. The maximum absolute atomic E-state index is 12.2. The van der Waals surface area contributed by atoms with E-state index in [1.165, 1.54) is 7.11 Å². The minimum Gasteiger partial charge on any atom is -0.467 e. The van der Waals surface area contributed by atoms with E-state index >= 15 is 0 Å². The minimum absolute atomic E-state index is 0.128. The fraction of sp³-hybridized carbons (Fsp3) is 0.500. The molecule has 5 nitrogen and oxygen atoms in total. The molecule has 1 atom stereocenters. The molecule has 0 bridgehead atoms. The van der Waals surface area contributed by atoms with E-state index in [2.05, 4.69) is 32.3 Å². The summed E-state index contributed by atoms with van der Waals surface area (Å²) in [6.45, 7) is 8.50. The molecule has 0 spiro atoms. The lowest BCUT2D eigenvalue weighted by Crippen LogP contribution is -2.48. The number of rotatable bonds is 7. The lowest BCUT2D eigenvalue weighted by atomic mass is 10.2. The Kier molecular flexibility index (Phi) is 6.77. The van der Waals surface area contributed by atoms with Crippen molar-refractivity contribution in [1.29, 1.82) is 0 Å². The third kappa shape index (κ3) is 5.27. The standard InChI is InChI=1S/C16H25NO4Si/c1-12(2)22(4,5)21-11-14(16(19)20-3)17-15(18)13-9-7-6-8-10-13/h6-10,12,14H,11H2,1-5H3,(H,17,18)/t14-/m0/s1. The van der Waals surface area contributed by atoms with Crippen LogP contribution in [-0.4, -0.2) is 40.0 Å². The van der Waals surface area contributed by atoms with Gasteiger partial charge in [0.1, 0.15) is 6.04 Å². The Balaban J connectivity index is 2.73. The number of amides is 1. The first-order valence-electron chi connectivity index (χ1n) is 7.35. The van der Waals surface area contributed by atoms with E-state index in [4.69, 9.17) is 9.16 Å². The van der Waals surface area contributed by atoms with Gasteiger partial charge in [0.15, 0.2) is 8.32 Å². The second-order valence-corrected chi connectivity index (χ2v) is 10.6. The Hall–Kier alpha value is -1.66. The molecule has 0 saturated carbocycles. The molecule has 1 aromatic carbocycles. The van der Waals surface area contributed by atoms with Crippen LogP contribution < -0.4 is 5.32 Å². The average molecular weight is 323 g/mol. The van der Waals surface area contributed by atoms with Gasteiger partial charge in [-0.3, -0.25) is 4.79 Å². The second-order valence-electron chi connectivity index (χ2n) is 5.98. The van der Waals surface area contributed by atoms with Crippen LogP contribution in [0.1, 0.15) is 24.2 Å². The summed E-state index contributed by atoms with van der Waals surface area (Å²) in [6, 6.07) is 7.95. The summed E-state index contributed by atoms with van der Waals surface area (Å²) in [5.74, 6) is -0.818. The number of hydrogen-bond acceptors (Lipinski definition) is 4. The lowest BCUT2D eigenvalue weighted by molar-refractivity contribution is -0.143. The third-order valence-electron chi connectivity index (χ3n) is 3.84. The van der Waals surface area contributed by atoms with E-state index in [1.807, 2.05) is 6.07 Å². The maximum atomic E-state index is 12.2. The summed E-state index contributed by atoms with van der Waals surface area (Å²) >= 11 is 0. The number of carbonyl (C=O) groups is 2. The molecule has 122 valence electrons. The number of hydrogen-bond donors (Lipinski definition) is 1. The van der Waals surface area contributed by atoms with E-state index in [1.54, 1.807) is 24.3 Å². The average Bonchev–Trinajstić information content (AvgIpc) is 2.51. The summed E-state index contributed by atoms with van der Waals surface area (Å²) in [6.07, 6.45) is 0. The highest BCUT2D eigenvalue weighted by Crippen LogP contribution is 2.21. The van der Waals surface area contributed by atoms with E-state index < -0.39 is 20.3 Å².